The molecule has 0 aromatic heterocycles. The van der Waals surface area contributed by atoms with Crippen LogP contribution in [-0.4, -0.2) is 37.0 Å². The first-order valence-corrected chi connectivity index (χ1v) is 6.64. The fraction of sp³-hybridized carbons (Fsp3) is 0.923. The van der Waals surface area contributed by atoms with Gasteiger partial charge in [0.1, 0.15) is 0 Å². The van der Waals surface area contributed by atoms with Gasteiger partial charge in [0, 0.05) is 19.0 Å². The van der Waals surface area contributed by atoms with Gasteiger partial charge in [0.2, 0.25) is 5.91 Å². The number of nitrogens with zero attached hydrogens (tertiary/aromatic N) is 1. The summed E-state index contributed by atoms with van der Waals surface area (Å²) in [5.74, 6) is 1.15. The fourth-order valence-corrected chi connectivity index (χ4v) is 2.28. The zero-order valence-corrected chi connectivity index (χ0v) is 11.0. The molecule has 0 saturated carbocycles. The maximum atomic E-state index is 11.9. The van der Waals surface area contributed by atoms with Crippen LogP contribution in [0.2, 0.25) is 0 Å². The van der Waals surface area contributed by atoms with Crippen molar-refractivity contribution in [2.45, 2.75) is 40.0 Å². The molecule has 2 atom stereocenters. The smallest absolute Gasteiger partial charge is 0.225 e. The number of rotatable bonds is 6. The molecule has 0 aliphatic carbocycles. The summed E-state index contributed by atoms with van der Waals surface area (Å²) in [5, 5.41) is 3.41. The van der Waals surface area contributed by atoms with E-state index >= 15 is 0 Å². The van der Waals surface area contributed by atoms with Crippen LogP contribution in [0.1, 0.15) is 40.0 Å². The van der Waals surface area contributed by atoms with E-state index in [2.05, 4.69) is 26.1 Å². The molecule has 0 radical (unpaired) electrons. The van der Waals surface area contributed by atoms with Crippen LogP contribution in [-0.2, 0) is 4.79 Å². The number of carbonyl (C=O) groups excluding carboxylic acids is 1. The minimum atomic E-state index is 0.240. The molecule has 1 rings (SSSR count). The number of likely N-dealkylation sites (tertiary alicyclic amines) is 1. The lowest BCUT2D eigenvalue weighted by Gasteiger charge is -2.32. The van der Waals surface area contributed by atoms with Gasteiger partial charge >= 0.3 is 0 Å². The quantitative estimate of drug-likeness (QED) is 0.701. The summed E-state index contributed by atoms with van der Waals surface area (Å²) in [4.78, 5) is 13.9. The first-order chi connectivity index (χ1) is 7.65. The van der Waals surface area contributed by atoms with Gasteiger partial charge in [-0.1, -0.05) is 20.8 Å². The Balaban J connectivity index is 2.26. The number of amides is 1. The van der Waals surface area contributed by atoms with Crippen molar-refractivity contribution in [2.75, 3.05) is 26.2 Å². The van der Waals surface area contributed by atoms with Gasteiger partial charge in [-0.05, 0) is 38.3 Å². The summed E-state index contributed by atoms with van der Waals surface area (Å²) in [7, 11) is 0. The van der Waals surface area contributed by atoms with Crippen molar-refractivity contribution >= 4 is 5.91 Å². The molecule has 1 fully saturated rings. The van der Waals surface area contributed by atoms with Crippen LogP contribution in [0.25, 0.3) is 0 Å². The summed E-state index contributed by atoms with van der Waals surface area (Å²) in [6.07, 6.45) is 3.41. The topological polar surface area (TPSA) is 32.3 Å². The predicted molar refractivity (Wildman–Crippen MR) is 67.3 cm³/mol. The van der Waals surface area contributed by atoms with E-state index in [1.807, 2.05) is 4.90 Å². The first-order valence-electron chi connectivity index (χ1n) is 6.64. The Kier molecular flexibility index (Phi) is 5.81. The molecule has 1 aliphatic rings. The van der Waals surface area contributed by atoms with Crippen molar-refractivity contribution < 1.29 is 4.79 Å². The summed E-state index contributed by atoms with van der Waals surface area (Å²) in [5.41, 5.74) is 0. The van der Waals surface area contributed by atoms with Gasteiger partial charge in [0.05, 0.1) is 0 Å². The maximum Gasteiger partial charge on any atom is 0.225 e. The normalized spacial score (nSPS) is 23.6. The van der Waals surface area contributed by atoms with Crippen LogP contribution in [0.3, 0.4) is 0 Å². The lowest BCUT2D eigenvalue weighted by Crippen LogP contribution is -2.43. The molecule has 3 nitrogen and oxygen atoms in total. The van der Waals surface area contributed by atoms with E-state index in [0.29, 0.717) is 11.8 Å². The third-order valence-electron chi connectivity index (χ3n) is 3.25. The standard InChI is InChI=1S/C13H26N2O/c1-4-7-14-9-11(2)10-15-8-5-6-12(3)13(15)16/h11-12,14H,4-10H2,1-3H3. The van der Waals surface area contributed by atoms with E-state index in [-0.39, 0.29) is 5.92 Å². The molecule has 0 aromatic carbocycles. The molecule has 94 valence electrons. The van der Waals surface area contributed by atoms with Crippen molar-refractivity contribution in [2.24, 2.45) is 11.8 Å². The summed E-state index contributed by atoms with van der Waals surface area (Å²) >= 11 is 0. The van der Waals surface area contributed by atoms with Gasteiger partial charge in [-0.25, -0.2) is 0 Å². The molecule has 2 unspecified atom stereocenters. The molecule has 3 heteroatoms. The molecule has 1 saturated heterocycles. The van der Waals surface area contributed by atoms with Crippen LogP contribution < -0.4 is 5.32 Å². The average molecular weight is 226 g/mol. The Bertz CT molecular complexity index is 218. The van der Waals surface area contributed by atoms with E-state index in [1.165, 1.54) is 12.8 Å². The third kappa shape index (κ3) is 4.12. The molecule has 1 aliphatic heterocycles. The number of hydrogen-bond donors (Lipinski definition) is 1. The third-order valence-corrected chi connectivity index (χ3v) is 3.25. The van der Waals surface area contributed by atoms with Crippen LogP contribution in [0.5, 0.6) is 0 Å². The number of piperidine rings is 1. The number of nitrogens with one attached hydrogen (secondary N) is 1. The largest absolute Gasteiger partial charge is 0.342 e. The SMILES string of the molecule is CCCNCC(C)CN1CCCC(C)C1=O. The van der Waals surface area contributed by atoms with Gasteiger partial charge in [0.25, 0.3) is 0 Å². The minimum absolute atomic E-state index is 0.240. The molecule has 16 heavy (non-hydrogen) atoms. The van der Waals surface area contributed by atoms with Gasteiger partial charge in [0.15, 0.2) is 0 Å². The monoisotopic (exact) mass is 226 g/mol. The molecule has 0 bridgehead atoms. The first kappa shape index (κ1) is 13.5. The average Bonchev–Trinajstić information content (AvgIpc) is 2.25. The number of hydrogen-bond acceptors (Lipinski definition) is 2. The van der Waals surface area contributed by atoms with E-state index in [9.17, 15) is 4.79 Å². The van der Waals surface area contributed by atoms with E-state index in [0.717, 1.165) is 32.6 Å². The second-order valence-corrected chi connectivity index (χ2v) is 5.14. The molecular weight excluding hydrogens is 200 g/mol. The molecule has 0 spiro atoms. The Morgan fingerprint density at radius 3 is 3.00 bits per heavy atom. The summed E-state index contributed by atoms with van der Waals surface area (Å²) in [6.45, 7) is 10.4. The van der Waals surface area contributed by atoms with Gasteiger partial charge < -0.3 is 10.2 Å². The molecule has 1 N–H and O–H groups in total. The Hall–Kier alpha value is -0.570. The Labute approximate surface area is 99.6 Å². The Morgan fingerprint density at radius 1 is 1.56 bits per heavy atom. The van der Waals surface area contributed by atoms with Crippen LogP contribution in [0.15, 0.2) is 0 Å². The molecule has 1 heterocycles. The number of carbonyl (C=O) groups is 1. The Morgan fingerprint density at radius 2 is 2.31 bits per heavy atom. The highest BCUT2D eigenvalue weighted by Crippen LogP contribution is 2.18. The molecule has 0 aromatic rings. The van der Waals surface area contributed by atoms with Gasteiger partial charge in [-0.3, -0.25) is 4.79 Å². The van der Waals surface area contributed by atoms with Crippen LogP contribution in [0.4, 0.5) is 0 Å². The highest BCUT2D eigenvalue weighted by atomic mass is 16.2. The predicted octanol–water partition coefficient (Wildman–Crippen LogP) is 1.88. The van der Waals surface area contributed by atoms with E-state index < -0.39 is 0 Å². The second kappa shape index (κ2) is 6.89. The zero-order valence-electron chi connectivity index (χ0n) is 11.0. The summed E-state index contributed by atoms with van der Waals surface area (Å²) < 4.78 is 0. The van der Waals surface area contributed by atoms with Gasteiger partial charge in [-0.2, -0.15) is 0 Å². The highest BCUT2D eigenvalue weighted by molar-refractivity contribution is 5.79. The molecular formula is C13H26N2O. The van der Waals surface area contributed by atoms with E-state index in [4.69, 9.17) is 0 Å². The van der Waals surface area contributed by atoms with Crippen molar-refractivity contribution in [1.29, 1.82) is 0 Å². The lowest BCUT2D eigenvalue weighted by atomic mass is 9.98. The highest BCUT2D eigenvalue weighted by Gasteiger charge is 2.25. The lowest BCUT2D eigenvalue weighted by molar-refractivity contribution is -0.138. The fourth-order valence-electron chi connectivity index (χ4n) is 2.28. The van der Waals surface area contributed by atoms with Crippen LogP contribution >= 0.6 is 0 Å². The van der Waals surface area contributed by atoms with E-state index in [1.54, 1.807) is 0 Å². The van der Waals surface area contributed by atoms with Crippen molar-refractivity contribution in [1.82, 2.24) is 10.2 Å². The molecule has 1 amide bonds. The maximum absolute atomic E-state index is 11.9. The van der Waals surface area contributed by atoms with Gasteiger partial charge in [-0.15, -0.1) is 0 Å². The zero-order chi connectivity index (χ0) is 12.0. The summed E-state index contributed by atoms with van der Waals surface area (Å²) in [6, 6.07) is 0. The minimum Gasteiger partial charge on any atom is -0.342 e. The second-order valence-electron chi connectivity index (χ2n) is 5.14. The van der Waals surface area contributed by atoms with Crippen molar-refractivity contribution in [3.63, 3.8) is 0 Å². The van der Waals surface area contributed by atoms with Crippen molar-refractivity contribution in [3.8, 4) is 0 Å². The van der Waals surface area contributed by atoms with Crippen molar-refractivity contribution in [3.05, 3.63) is 0 Å². The van der Waals surface area contributed by atoms with Crippen LogP contribution in [0, 0.1) is 11.8 Å².